The highest BCUT2D eigenvalue weighted by Gasteiger charge is 2.16. The topological polar surface area (TPSA) is 60.7 Å². The normalized spacial score (nSPS) is 10.8. The number of thiophene rings is 1. The summed E-state index contributed by atoms with van der Waals surface area (Å²) in [6.45, 7) is 1.88. The highest BCUT2D eigenvalue weighted by molar-refractivity contribution is 7.20. The van der Waals surface area contributed by atoms with Crippen LogP contribution < -0.4 is 5.46 Å². The van der Waals surface area contributed by atoms with Crippen molar-refractivity contribution in [1.82, 2.24) is 0 Å². The molecule has 0 radical (unpaired) electrons. The number of aryl methyl sites for hydroxylation is 1. The molecule has 0 amide bonds. The second-order valence-electron chi connectivity index (χ2n) is 3.22. The van der Waals surface area contributed by atoms with Gasteiger partial charge in [-0.05, 0) is 29.9 Å². The molecule has 3 nitrogen and oxygen atoms in total. The van der Waals surface area contributed by atoms with E-state index in [-0.39, 0.29) is 5.06 Å². The molecule has 3 N–H and O–H groups in total. The van der Waals surface area contributed by atoms with Crippen molar-refractivity contribution in [1.29, 1.82) is 0 Å². The molecular formula is C9H9BO3S. The Kier molecular flexibility index (Phi) is 2.22. The molecule has 0 bridgehead atoms. The average Bonchev–Trinajstić information content (AvgIpc) is 2.42. The van der Waals surface area contributed by atoms with Crippen molar-refractivity contribution in [3.63, 3.8) is 0 Å². The summed E-state index contributed by atoms with van der Waals surface area (Å²) in [5.74, 6) is 0. The van der Waals surface area contributed by atoms with Crippen LogP contribution in [-0.4, -0.2) is 22.3 Å². The summed E-state index contributed by atoms with van der Waals surface area (Å²) in [7, 11) is -1.49. The number of rotatable bonds is 1. The van der Waals surface area contributed by atoms with Gasteiger partial charge in [0.1, 0.15) is 0 Å². The number of aromatic hydroxyl groups is 1. The maximum Gasteiger partial charge on any atom is 0.489 e. The van der Waals surface area contributed by atoms with Gasteiger partial charge in [-0.1, -0.05) is 23.0 Å². The van der Waals surface area contributed by atoms with Gasteiger partial charge in [0.25, 0.3) is 0 Å². The van der Waals surface area contributed by atoms with Crippen LogP contribution in [0.1, 0.15) is 5.56 Å². The number of fused-ring (bicyclic) bond motifs is 1. The van der Waals surface area contributed by atoms with Crippen LogP contribution in [0.5, 0.6) is 5.06 Å². The molecule has 72 valence electrons. The summed E-state index contributed by atoms with van der Waals surface area (Å²) in [5, 5.41) is 28.5. The quantitative estimate of drug-likeness (QED) is 0.601. The third-order valence-corrected chi connectivity index (χ3v) is 2.96. The van der Waals surface area contributed by atoms with Crippen LogP contribution in [0, 0.1) is 6.92 Å². The standard InChI is InChI=1S/C9H9BO3S/c1-5-2-7(10(12)13)6-4-9(11)14-8(6)3-5/h2-4,11-13H,1H3. The number of benzene rings is 1. The lowest BCUT2D eigenvalue weighted by atomic mass is 9.77. The fourth-order valence-electron chi connectivity index (χ4n) is 1.51. The fourth-order valence-corrected chi connectivity index (χ4v) is 2.44. The fraction of sp³-hybridized carbons (Fsp3) is 0.111. The van der Waals surface area contributed by atoms with Gasteiger partial charge in [0.05, 0.1) is 0 Å². The Labute approximate surface area is 85.4 Å². The first-order valence-electron chi connectivity index (χ1n) is 4.17. The van der Waals surface area contributed by atoms with Gasteiger partial charge in [0.15, 0.2) is 5.06 Å². The van der Waals surface area contributed by atoms with E-state index >= 15 is 0 Å². The Hall–Kier alpha value is -1.04. The van der Waals surface area contributed by atoms with Crippen molar-refractivity contribution < 1.29 is 15.2 Å². The molecule has 0 saturated carbocycles. The first kappa shape index (κ1) is 9.52. The Morgan fingerprint density at radius 1 is 1.21 bits per heavy atom. The SMILES string of the molecule is Cc1cc(B(O)O)c2cc(O)sc2c1. The van der Waals surface area contributed by atoms with Crippen LogP contribution in [0.4, 0.5) is 0 Å². The number of hydrogen-bond acceptors (Lipinski definition) is 4. The van der Waals surface area contributed by atoms with Gasteiger partial charge in [0, 0.05) is 4.70 Å². The Bertz CT molecular complexity index is 478. The molecule has 14 heavy (non-hydrogen) atoms. The largest absolute Gasteiger partial charge is 0.499 e. The summed E-state index contributed by atoms with van der Waals surface area (Å²) >= 11 is 1.23. The van der Waals surface area contributed by atoms with E-state index in [1.165, 1.54) is 11.3 Å². The minimum absolute atomic E-state index is 0.188. The Balaban J connectivity index is 2.79. The molecule has 0 unspecified atom stereocenters. The molecule has 1 heterocycles. The molecule has 0 saturated heterocycles. The molecule has 1 aromatic heterocycles. The molecule has 0 fully saturated rings. The summed E-state index contributed by atoms with van der Waals surface area (Å²) in [4.78, 5) is 0. The predicted octanol–water partition coefficient (Wildman–Crippen LogP) is 0.595. The van der Waals surface area contributed by atoms with Crippen LogP contribution in [0.25, 0.3) is 10.1 Å². The minimum atomic E-state index is -1.49. The van der Waals surface area contributed by atoms with Crippen molar-refractivity contribution in [3.05, 3.63) is 23.8 Å². The first-order valence-corrected chi connectivity index (χ1v) is 4.99. The third kappa shape index (κ3) is 1.50. The smallest absolute Gasteiger partial charge is 0.489 e. The molecule has 0 spiro atoms. The van der Waals surface area contributed by atoms with Crippen LogP contribution in [0.2, 0.25) is 0 Å². The van der Waals surface area contributed by atoms with E-state index in [0.29, 0.717) is 10.8 Å². The van der Waals surface area contributed by atoms with Gasteiger partial charge < -0.3 is 15.2 Å². The highest BCUT2D eigenvalue weighted by Crippen LogP contribution is 2.30. The van der Waals surface area contributed by atoms with Gasteiger partial charge in [-0.25, -0.2) is 0 Å². The van der Waals surface area contributed by atoms with Crippen molar-refractivity contribution >= 4 is 34.0 Å². The molecule has 1 aromatic carbocycles. The molecular weight excluding hydrogens is 199 g/mol. The average molecular weight is 208 g/mol. The molecule has 2 rings (SSSR count). The zero-order valence-corrected chi connectivity index (χ0v) is 8.38. The number of hydrogen-bond donors (Lipinski definition) is 3. The van der Waals surface area contributed by atoms with Crippen molar-refractivity contribution in [2.45, 2.75) is 6.92 Å². The van der Waals surface area contributed by atoms with Gasteiger partial charge in [0.2, 0.25) is 0 Å². The predicted molar refractivity (Wildman–Crippen MR) is 58.1 cm³/mol. The minimum Gasteiger partial charge on any atom is -0.499 e. The van der Waals surface area contributed by atoms with Crippen LogP contribution in [0.15, 0.2) is 18.2 Å². The van der Waals surface area contributed by atoms with Gasteiger partial charge in [-0.15, -0.1) is 0 Å². The van der Waals surface area contributed by atoms with Gasteiger partial charge in [-0.2, -0.15) is 0 Å². The van der Waals surface area contributed by atoms with Crippen LogP contribution in [-0.2, 0) is 0 Å². The van der Waals surface area contributed by atoms with Gasteiger partial charge >= 0.3 is 7.12 Å². The van der Waals surface area contributed by atoms with Crippen LogP contribution in [0.3, 0.4) is 0 Å². The van der Waals surface area contributed by atoms with E-state index in [1.807, 2.05) is 13.0 Å². The molecule has 0 aliphatic heterocycles. The lowest BCUT2D eigenvalue weighted by molar-refractivity contribution is 0.426. The van der Waals surface area contributed by atoms with E-state index < -0.39 is 7.12 Å². The van der Waals surface area contributed by atoms with Gasteiger partial charge in [-0.3, -0.25) is 0 Å². The zero-order valence-electron chi connectivity index (χ0n) is 7.56. The van der Waals surface area contributed by atoms with E-state index in [1.54, 1.807) is 12.1 Å². The molecule has 0 aliphatic rings. The summed E-state index contributed by atoms with van der Waals surface area (Å²) < 4.78 is 0.866. The van der Waals surface area contributed by atoms with E-state index in [0.717, 1.165) is 10.3 Å². The first-order chi connectivity index (χ1) is 6.58. The van der Waals surface area contributed by atoms with E-state index in [2.05, 4.69) is 0 Å². The molecule has 0 aliphatic carbocycles. The monoisotopic (exact) mass is 208 g/mol. The van der Waals surface area contributed by atoms with Crippen molar-refractivity contribution in [2.24, 2.45) is 0 Å². The maximum absolute atomic E-state index is 9.31. The third-order valence-electron chi connectivity index (χ3n) is 2.08. The lowest BCUT2D eigenvalue weighted by Crippen LogP contribution is -2.30. The van der Waals surface area contributed by atoms with Crippen molar-refractivity contribution in [2.75, 3.05) is 0 Å². The summed E-state index contributed by atoms with van der Waals surface area (Å²) in [6, 6.07) is 5.17. The Morgan fingerprint density at radius 3 is 2.57 bits per heavy atom. The zero-order chi connectivity index (χ0) is 10.3. The van der Waals surface area contributed by atoms with Crippen molar-refractivity contribution in [3.8, 4) is 5.06 Å². The lowest BCUT2D eigenvalue weighted by Gasteiger charge is -2.02. The molecule has 5 heteroatoms. The summed E-state index contributed by atoms with van der Waals surface area (Å²) in [6.07, 6.45) is 0. The second-order valence-corrected chi connectivity index (χ2v) is 4.29. The second kappa shape index (κ2) is 3.27. The molecule has 2 aromatic rings. The van der Waals surface area contributed by atoms with E-state index in [4.69, 9.17) is 10.0 Å². The maximum atomic E-state index is 9.31. The Morgan fingerprint density at radius 2 is 1.93 bits per heavy atom. The van der Waals surface area contributed by atoms with E-state index in [9.17, 15) is 5.11 Å². The summed E-state index contributed by atoms with van der Waals surface area (Å²) in [5.41, 5.74) is 1.39. The molecule has 0 atom stereocenters. The van der Waals surface area contributed by atoms with Crippen LogP contribution >= 0.6 is 11.3 Å². The highest BCUT2D eigenvalue weighted by atomic mass is 32.1.